The smallest absolute Gasteiger partial charge is 0.135 e. The molecule has 2 rings (SSSR count). The van der Waals surface area contributed by atoms with E-state index in [1.54, 1.807) is 51.8 Å². The summed E-state index contributed by atoms with van der Waals surface area (Å²) in [5, 5.41) is 5.31. The third kappa shape index (κ3) is 4.17. The minimum absolute atomic E-state index is 0.360. The van der Waals surface area contributed by atoms with E-state index >= 15 is 0 Å². The second-order valence-electron chi connectivity index (χ2n) is 4.56. The molecule has 1 N–H and O–H groups in total. The van der Waals surface area contributed by atoms with Gasteiger partial charge in [-0.1, -0.05) is 34.8 Å². The number of hydrazone groups is 1. The predicted octanol–water partition coefficient (Wildman–Crippen LogP) is 5.12. The Morgan fingerprint density at radius 1 is 0.875 bits per heavy atom. The fourth-order valence-corrected chi connectivity index (χ4v) is 2.87. The van der Waals surface area contributed by atoms with Crippen LogP contribution in [0.15, 0.2) is 29.4 Å². The molecular weight excluding hydrogens is 375 g/mol. The van der Waals surface area contributed by atoms with Gasteiger partial charge in [0.25, 0.3) is 0 Å². The molecule has 8 heteroatoms. The van der Waals surface area contributed by atoms with Crippen molar-refractivity contribution in [3.63, 3.8) is 0 Å². The Hall–Kier alpha value is -1.82. The number of hydrogen-bond donors (Lipinski definition) is 1. The van der Waals surface area contributed by atoms with E-state index in [0.29, 0.717) is 43.6 Å². The molecule has 0 unspecified atom stereocenters. The Morgan fingerprint density at radius 2 is 1.42 bits per heavy atom. The molecule has 0 aromatic heterocycles. The van der Waals surface area contributed by atoms with Gasteiger partial charge in [-0.25, -0.2) is 0 Å². The van der Waals surface area contributed by atoms with Crippen LogP contribution in [0.4, 0.5) is 5.69 Å². The molecule has 0 aliphatic heterocycles. The fourth-order valence-electron chi connectivity index (χ4n) is 1.97. The summed E-state index contributed by atoms with van der Waals surface area (Å²) in [7, 11) is 4.66. The highest BCUT2D eigenvalue weighted by atomic mass is 35.5. The highest BCUT2D eigenvalue weighted by molar-refractivity contribution is 6.41. The van der Waals surface area contributed by atoms with E-state index in [-0.39, 0.29) is 0 Å². The number of rotatable bonds is 6. The van der Waals surface area contributed by atoms with Crippen LogP contribution in [0.5, 0.6) is 17.2 Å². The summed E-state index contributed by atoms with van der Waals surface area (Å²) in [4.78, 5) is 0. The fraction of sp³-hybridized carbons (Fsp3) is 0.188. The molecule has 2 aromatic rings. The molecule has 2 aromatic carbocycles. The van der Waals surface area contributed by atoms with Crippen molar-refractivity contribution in [1.29, 1.82) is 0 Å². The van der Waals surface area contributed by atoms with Gasteiger partial charge in [0.1, 0.15) is 17.2 Å². The highest BCUT2D eigenvalue weighted by Crippen LogP contribution is 2.35. The van der Waals surface area contributed by atoms with Gasteiger partial charge in [-0.3, -0.25) is 5.43 Å². The van der Waals surface area contributed by atoms with E-state index in [0.717, 1.165) is 0 Å². The lowest BCUT2D eigenvalue weighted by molar-refractivity contribution is 0.374. The van der Waals surface area contributed by atoms with Gasteiger partial charge in [-0.15, -0.1) is 0 Å². The van der Waals surface area contributed by atoms with Crippen LogP contribution in [0.2, 0.25) is 15.1 Å². The van der Waals surface area contributed by atoms with Gasteiger partial charge >= 0.3 is 0 Å². The number of anilines is 1. The largest absolute Gasteiger partial charge is 0.496 e. The normalized spacial score (nSPS) is 10.8. The molecule has 0 bridgehead atoms. The molecule has 128 valence electrons. The lowest BCUT2D eigenvalue weighted by atomic mass is 10.2. The number of nitrogens with one attached hydrogen (secondary N) is 1. The summed E-state index contributed by atoms with van der Waals surface area (Å²) in [6.45, 7) is 0. The van der Waals surface area contributed by atoms with E-state index < -0.39 is 0 Å². The van der Waals surface area contributed by atoms with Gasteiger partial charge in [0.15, 0.2) is 0 Å². The molecule has 5 nitrogen and oxygen atoms in total. The van der Waals surface area contributed by atoms with E-state index in [1.807, 2.05) is 0 Å². The summed E-state index contributed by atoms with van der Waals surface area (Å²) in [6.07, 6.45) is 1.54. The summed E-state index contributed by atoms with van der Waals surface area (Å²) < 4.78 is 15.9. The summed E-state index contributed by atoms with van der Waals surface area (Å²) >= 11 is 18.1. The SMILES string of the molecule is COc1cc(OC)c(/C=N\Nc2c(Cl)cc(Cl)cc2Cl)c(OC)c1. The highest BCUT2D eigenvalue weighted by Gasteiger charge is 2.12. The molecule has 0 fully saturated rings. The van der Waals surface area contributed by atoms with Crippen LogP contribution in [-0.4, -0.2) is 27.5 Å². The maximum atomic E-state index is 6.10. The van der Waals surface area contributed by atoms with Crippen LogP contribution in [0.3, 0.4) is 0 Å². The zero-order valence-electron chi connectivity index (χ0n) is 13.2. The van der Waals surface area contributed by atoms with E-state index in [4.69, 9.17) is 49.0 Å². The molecule has 0 saturated heterocycles. The first-order valence-corrected chi connectivity index (χ1v) is 7.87. The molecule has 0 saturated carbocycles. The number of methoxy groups -OCH3 is 3. The summed E-state index contributed by atoms with van der Waals surface area (Å²) in [5.41, 5.74) is 3.88. The van der Waals surface area contributed by atoms with Crippen molar-refractivity contribution in [2.24, 2.45) is 5.10 Å². The van der Waals surface area contributed by atoms with Gasteiger partial charge in [-0.05, 0) is 12.1 Å². The van der Waals surface area contributed by atoms with Crippen molar-refractivity contribution in [2.75, 3.05) is 26.8 Å². The first-order valence-electron chi connectivity index (χ1n) is 6.73. The lowest BCUT2D eigenvalue weighted by Crippen LogP contribution is -1.99. The van der Waals surface area contributed by atoms with Crippen LogP contribution in [0.1, 0.15) is 5.56 Å². The van der Waals surface area contributed by atoms with Crippen molar-refractivity contribution in [3.8, 4) is 17.2 Å². The molecule has 0 radical (unpaired) electrons. The van der Waals surface area contributed by atoms with Gasteiger partial charge in [-0.2, -0.15) is 5.10 Å². The van der Waals surface area contributed by atoms with Crippen LogP contribution >= 0.6 is 34.8 Å². The Morgan fingerprint density at radius 3 is 1.88 bits per heavy atom. The van der Waals surface area contributed by atoms with Crippen LogP contribution < -0.4 is 19.6 Å². The second kappa shape index (κ2) is 8.33. The Labute approximate surface area is 155 Å². The van der Waals surface area contributed by atoms with Crippen LogP contribution in [0, 0.1) is 0 Å². The molecule has 0 atom stereocenters. The zero-order valence-corrected chi connectivity index (χ0v) is 15.5. The van der Waals surface area contributed by atoms with Gasteiger partial charge in [0, 0.05) is 17.2 Å². The molecule has 0 spiro atoms. The monoisotopic (exact) mass is 388 g/mol. The van der Waals surface area contributed by atoms with Gasteiger partial charge < -0.3 is 14.2 Å². The first kappa shape index (κ1) is 18.5. The Balaban J connectivity index is 2.32. The van der Waals surface area contributed by atoms with Crippen molar-refractivity contribution in [3.05, 3.63) is 44.9 Å². The molecule has 24 heavy (non-hydrogen) atoms. The van der Waals surface area contributed by atoms with Crippen molar-refractivity contribution in [1.82, 2.24) is 0 Å². The molecule has 0 amide bonds. The standard InChI is InChI=1S/C16H15Cl3N2O3/c1-22-10-6-14(23-2)11(15(7-10)24-3)8-20-21-16-12(18)4-9(17)5-13(16)19/h4-8,21H,1-3H3/b20-8-. The number of nitrogens with zero attached hydrogens (tertiary/aromatic N) is 1. The lowest BCUT2D eigenvalue weighted by Gasteiger charge is -2.12. The number of halogens is 3. The predicted molar refractivity (Wildman–Crippen MR) is 98.8 cm³/mol. The average Bonchev–Trinajstić information content (AvgIpc) is 2.56. The zero-order chi connectivity index (χ0) is 17.7. The van der Waals surface area contributed by atoms with Crippen molar-refractivity contribution in [2.45, 2.75) is 0 Å². The van der Waals surface area contributed by atoms with Gasteiger partial charge in [0.2, 0.25) is 0 Å². The first-order chi connectivity index (χ1) is 11.5. The summed E-state index contributed by atoms with van der Waals surface area (Å²) in [5.74, 6) is 1.70. The van der Waals surface area contributed by atoms with Crippen molar-refractivity contribution < 1.29 is 14.2 Å². The molecule has 0 aliphatic rings. The summed E-state index contributed by atoms with van der Waals surface area (Å²) in [6, 6.07) is 6.60. The number of benzene rings is 2. The minimum Gasteiger partial charge on any atom is -0.496 e. The van der Waals surface area contributed by atoms with E-state index in [1.165, 1.54) is 0 Å². The van der Waals surface area contributed by atoms with E-state index in [9.17, 15) is 0 Å². The third-order valence-electron chi connectivity index (χ3n) is 3.13. The molecule has 0 heterocycles. The maximum absolute atomic E-state index is 6.10. The Kier molecular flexibility index (Phi) is 6.43. The van der Waals surface area contributed by atoms with Gasteiger partial charge in [0.05, 0.1) is 48.8 Å². The number of hydrogen-bond acceptors (Lipinski definition) is 5. The third-order valence-corrected chi connectivity index (χ3v) is 3.94. The maximum Gasteiger partial charge on any atom is 0.135 e. The van der Waals surface area contributed by atoms with E-state index in [2.05, 4.69) is 10.5 Å². The topological polar surface area (TPSA) is 52.1 Å². The number of ether oxygens (including phenoxy) is 3. The second-order valence-corrected chi connectivity index (χ2v) is 5.81. The molecular formula is C16H15Cl3N2O3. The Bertz CT molecular complexity index is 718. The minimum atomic E-state index is 0.360. The van der Waals surface area contributed by atoms with Crippen LogP contribution in [0.25, 0.3) is 0 Å². The average molecular weight is 390 g/mol. The van der Waals surface area contributed by atoms with Crippen LogP contribution in [-0.2, 0) is 0 Å². The molecule has 0 aliphatic carbocycles. The van der Waals surface area contributed by atoms with Crippen molar-refractivity contribution >= 4 is 46.7 Å². The quantitative estimate of drug-likeness (QED) is 0.550.